The highest BCUT2D eigenvalue weighted by Gasteiger charge is 2.20. The lowest BCUT2D eigenvalue weighted by atomic mass is 10.1. The van der Waals surface area contributed by atoms with Gasteiger partial charge in [-0.1, -0.05) is 0 Å². The van der Waals surface area contributed by atoms with Crippen LogP contribution in [0.5, 0.6) is 0 Å². The Kier molecular flexibility index (Phi) is 4.90. The van der Waals surface area contributed by atoms with Crippen LogP contribution in [0.1, 0.15) is 12.1 Å². The Morgan fingerprint density at radius 2 is 1.81 bits per heavy atom. The minimum atomic E-state index is 0.217. The third-order valence-corrected chi connectivity index (χ3v) is 5.34. The molecule has 1 amide bonds. The molecule has 27 heavy (non-hydrogen) atoms. The van der Waals surface area contributed by atoms with Crippen molar-refractivity contribution in [1.82, 2.24) is 24.3 Å². The lowest BCUT2D eigenvalue weighted by Crippen LogP contribution is -2.47. The summed E-state index contributed by atoms with van der Waals surface area (Å²) in [6, 6.07) is 10.2. The largest absolute Gasteiger partial charge is 0.340 e. The Morgan fingerprint density at radius 1 is 1.07 bits per heavy atom. The van der Waals surface area contributed by atoms with Crippen molar-refractivity contribution in [2.75, 3.05) is 33.2 Å². The molecule has 1 saturated heterocycles. The molecule has 0 spiro atoms. The molecule has 0 N–H and O–H groups in total. The predicted molar refractivity (Wildman–Crippen MR) is 106 cm³/mol. The van der Waals surface area contributed by atoms with Crippen LogP contribution in [-0.4, -0.2) is 63.5 Å². The van der Waals surface area contributed by atoms with Gasteiger partial charge in [-0.15, -0.1) is 0 Å². The normalized spacial score (nSPS) is 15.4. The van der Waals surface area contributed by atoms with E-state index in [2.05, 4.69) is 44.7 Å². The Bertz CT molecular complexity index is 956. The minimum absolute atomic E-state index is 0.217. The topological polar surface area (TPSA) is 54.3 Å². The van der Waals surface area contributed by atoms with Gasteiger partial charge < -0.3 is 14.4 Å². The Morgan fingerprint density at radius 3 is 2.59 bits per heavy atom. The summed E-state index contributed by atoms with van der Waals surface area (Å²) in [7, 11) is 2.10. The second kappa shape index (κ2) is 7.48. The van der Waals surface area contributed by atoms with Crippen LogP contribution in [-0.2, 0) is 11.3 Å². The lowest BCUT2D eigenvalue weighted by molar-refractivity contribution is -0.132. The molecule has 0 atom stereocenters. The van der Waals surface area contributed by atoms with E-state index in [1.165, 1.54) is 0 Å². The number of piperazine rings is 1. The second-order valence-electron chi connectivity index (χ2n) is 7.17. The molecular weight excluding hydrogens is 338 g/mol. The monoisotopic (exact) mass is 363 g/mol. The van der Waals surface area contributed by atoms with Crippen molar-refractivity contribution in [2.24, 2.45) is 0 Å². The molecule has 1 fully saturated rings. The van der Waals surface area contributed by atoms with Crippen molar-refractivity contribution in [3.63, 3.8) is 0 Å². The fourth-order valence-corrected chi connectivity index (χ4v) is 3.71. The number of carbonyl (C=O) groups is 1. The van der Waals surface area contributed by atoms with Crippen molar-refractivity contribution in [1.29, 1.82) is 0 Å². The number of amides is 1. The van der Waals surface area contributed by atoms with Gasteiger partial charge in [-0.05, 0) is 44.3 Å². The first-order valence-electron chi connectivity index (χ1n) is 9.46. The summed E-state index contributed by atoms with van der Waals surface area (Å²) in [6.45, 7) is 6.15. The van der Waals surface area contributed by atoms with Gasteiger partial charge in [-0.2, -0.15) is 0 Å². The van der Waals surface area contributed by atoms with Crippen LogP contribution >= 0.6 is 0 Å². The fraction of sp³-hybridized carbons (Fsp3) is 0.381. The number of hydrogen-bond acceptors (Lipinski definition) is 4. The van der Waals surface area contributed by atoms with Crippen molar-refractivity contribution in [3.8, 4) is 11.3 Å². The molecule has 1 aliphatic rings. The number of aromatic nitrogens is 3. The summed E-state index contributed by atoms with van der Waals surface area (Å²) >= 11 is 0. The zero-order chi connectivity index (χ0) is 18.8. The molecule has 6 nitrogen and oxygen atoms in total. The van der Waals surface area contributed by atoms with Crippen molar-refractivity contribution < 1.29 is 4.79 Å². The number of hydrogen-bond donors (Lipinski definition) is 0. The van der Waals surface area contributed by atoms with Gasteiger partial charge in [0.1, 0.15) is 5.65 Å². The van der Waals surface area contributed by atoms with Crippen molar-refractivity contribution in [2.45, 2.75) is 19.9 Å². The molecule has 140 valence electrons. The Labute approximate surface area is 159 Å². The minimum Gasteiger partial charge on any atom is -0.340 e. The maximum absolute atomic E-state index is 12.7. The average Bonchev–Trinajstić information content (AvgIpc) is 3.05. The van der Waals surface area contributed by atoms with Crippen LogP contribution in [0.25, 0.3) is 22.3 Å². The molecule has 4 rings (SSSR count). The fourth-order valence-electron chi connectivity index (χ4n) is 3.71. The molecule has 0 radical (unpaired) electrons. The summed E-state index contributed by atoms with van der Waals surface area (Å²) in [5.41, 5.74) is 4.05. The number of likely N-dealkylation sites (N-methyl/N-ethyl adjacent to an activating group) is 1. The highest BCUT2D eigenvalue weighted by atomic mass is 16.2. The van der Waals surface area contributed by atoms with Gasteiger partial charge in [-0.3, -0.25) is 9.78 Å². The van der Waals surface area contributed by atoms with E-state index in [-0.39, 0.29) is 5.91 Å². The molecular formula is C21H25N5O. The first-order valence-corrected chi connectivity index (χ1v) is 9.46. The smallest absolute Gasteiger partial charge is 0.224 e. The molecule has 3 aromatic rings. The quantitative estimate of drug-likeness (QED) is 0.715. The average molecular weight is 363 g/mol. The van der Waals surface area contributed by atoms with Crippen LogP contribution in [0.3, 0.4) is 0 Å². The summed E-state index contributed by atoms with van der Waals surface area (Å²) in [4.78, 5) is 26.0. The maximum Gasteiger partial charge on any atom is 0.224 e. The number of nitrogens with zero attached hydrogens (tertiary/aromatic N) is 5. The predicted octanol–water partition coefficient (Wildman–Crippen LogP) is 2.57. The highest BCUT2D eigenvalue weighted by Crippen LogP contribution is 2.29. The molecule has 0 bridgehead atoms. The van der Waals surface area contributed by atoms with Crippen molar-refractivity contribution in [3.05, 3.63) is 48.4 Å². The summed E-state index contributed by atoms with van der Waals surface area (Å²) < 4.78 is 2.16. The van der Waals surface area contributed by atoms with E-state index in [0.717, 1.165) is 54.2 Å². The number of rotatable bonds is 4. The van der Waals surface area contributed by atoms with Gasteiger partial charge in [0.25, 0.3) is 0 Å². The lowest BCUT2D eigenvalue weighted by Gasteiger charge is -2.32. The van der Waals surface area contributed by atoms with Crippen molar-refractivity contribution >= 4 is 16.9 Å². The van der Waals surface area contributed by atoms with E-state index in [0.29, 0.717) is 13.0 Å². The van der Waals surface area contributed by atoms with E-state index < -0.39 is 0 Å². The second-order valence-corrected chi connectivity index (χ2v) is 7.17. The van der Waals surface area contributed by atoms with Crippen LogP contribution in [0, 0.1) is 6.92 Å². The highest BCUT2D eigenvalue weighted by molar-refractivity contribution is 5.85. The third-order valence-electron chi connectivity index (χ3n) is 5.34. The number of fused-ring (bicyclic) bond motifs is 1. The SMILES string of the molecule is Cc1ncccc1-c1cc2cccnc2n1CCC(=O)N1CCN(C)CC1. The van der Waals surface area contributed by atoms with Crippen LogP contribution in [0.15, 0.2) is 42.7 Å². The zero-order valence-electron chi connectivity index (χ0n) is 15.9. The van der Waals surface area contributed by atoms with E-state index in [9.17, 15) is 4.79 Å². The van der Waals surface area contributed by atoms with E-state index in [1.807, 2.05) is 24.0 Å². The number of aryl methyl sites for hydroxylation is 2. The molecule has 6 heteroatoms. The first-order chi connectivity index (χ1) is 13.1. The molecule has 3 aromatic heterocycles. The summed E-state index contributed by atoms with van der Waals surface area (Å²) in [5.74, 6) is 0.217. The Balaban J connectivity index is 1.62. The van der Waals surface area contributed by atoms with Gasteiger partial charge in [0.2, 0.25) is 5.91 Å². The van der Waals surface area contributed by atoms with E-state index >= 15 is 0 Å². The summed E-state index contributed by atoms with van der Waals surface area (Å²) in [5, 5.41) is 1.09. The first kappa shape index (κ1) is 17.7. The van der Waals surface area contributed by atoms with Gasteiger partial charge in [0.05, 0.1) is 5.69 Å². The Hall–Kier alpha value is -2.73. The molecule has 4 heterocycles. The van der Waals surface area contributed by atoms with Gasteiger partial charge in [0, 0.05) is 68.2 Å². The third kappa shape index (κ3) is 3.57. The number of carbonyl (C=O) groups excluding carboxylic acids is 1. The van der Waals surface area contributed by atoms with Gasteiger partial charge >= 0.3 is 0 Å². The molecule has 0 aliphatic carbocycles. The molecule has 0 saturated carbocycles. The van der Waals surface area contributed by atoms with E-state index in [1.54, 1.807) is 12.4 Å². The molecule has 0 unspecified atom stereocenters. The molecule has 0 aromatic carbocycles. The molecule has 1 aliphatic heterocycles. The summed E-state index contributed by atoms with van der Waals surface area (Å²) in [6.07, 6.45) is 4.10. The van der Waals surface area contributed by atoms with Crippen LogP contribution in [0.2, 0.25) is 0 Å². The van der Waals surface area contributed by atoms with Crippen LogP contribution in [0.4, 0.5) is 0 Å². The maximum atomic E-state index is 12.7. The van der Waals surface area contributed by atoms with E-state index in [4.69, 9.17) is 0 Å². The number of pyridine rings is 2. The van der Waals surface area contributed by atoms with Gasteiger partial charge in [0.15, 0.2) is 0 Å². The standard InChI is InChI=1S/C21H25N5O/c1-16-18(6-4-8-22-16)19-15-17-5-3-9-23-21(17)26(19)10-7-20(27)25-13-11-24(2)12-14-25/h3-6,8-9,15H,7,10-14H2,1-2H3. The van der Waals surface area contributed by atoms with Gasteiger partial charge in [-0.25, -0.2) is 4.98 Å². The van der Waals surface area contributed by atoms with Crippen LogP contribution < -0.4 is 0 Å². The zero-order valence-corrected chi connectivity index (χ0v) is 15.9.